The summed E-state index contributed by atoms with van der Waals surface area (Å²) in [5.74, 6) is -1.19. The van der Waals surface area contributed by atoms with Gasteiger partial charge in [-0.3, -0.25) is 9.59 Å². The second-order valence-corrected chi connectivity index (χ2v) is 8.26. The van der Waals surface area contributed by atoms with Crippen molar-refractivity contribution >= 4 is 23.6 Å². The summed E-state index contributed by atoms with van der Waals surface area (Å²) < 4.78 is 5.47. The Kier molecular flexibility index (Phi) is 5.13. The second kappa shape index (κ2) is 7.21. The van der Waals surface area contributed by atoms with Crippen molar-refractivity contribution in [2.45, 2.75) is 51.2 Å². The summed E-state index contributed by atoms with van der Waals surface area (Å²) in [6.45, 7) is 7.04. The van der Waals surface area contributed by atoms with E-state index in [-0.39, 0.29) is 6.09 Å². The Morgan fingerprint density at radius 2 is 1.78 bits per heavy atom. The van der Waals surface area contributed by atoms with Gasteiger partial charge in [0.2, 0.25) is 0 Å². The van der Waals surface area contributed by atoms with Gasteiger partial charge >= 0.3 is 17.9 Å². The Bertz CT molecular complexity index is 728. The van der Waals surface area contributed by atoms with Gasteiger partial charge in [0.05, 0.1) is 5.54 Å². The molecule has 2 fully saturated rings. The molecule has 2 heterocycles. The molecular formula is C20H27N3O4. The van der Waals surface area contributed by atoms with Crippen LogP contribution in [0.4, 0.5) is 10.5 Å². The molecule has 1 atom stereocenters. The van der Waals surface area contributed by atoms with E-state index in [1.54, 1.807) is 34.1 Å². The molecule has 2 aliphatic heterocycles. The highest BCUT2D eigenvalue weighted by atomic mass is 16.6. The van der Waals surface area contributed by atoms with Crippen molar-refractivity contribution in [3.8, 4) is 0 Å². The van der Waals surface area contributed by atoms with Gasteiger partial charge in [0, 0.05) is 25.3 Å². The predicted octanol–water partition coefficient (Wildman–Crippen LogP) is 2.63. The SMILES string of the molecule is CC(C)(C)OC(=O)N1CCC[C@]2(CCN2C(=O)C(=O)Nc2ccccc2)C1. The molecule has 1 spiro atoms. The van der Waals surface area contributed by atoms with Crippen molar-refractivity contribution < 1.29 is 19.1 Å². The van der Waals surface area contributed by atoms with Gasteiger partial charge in [-0.2, -0.15) is 0 Å². The first-order valence-electron chi connectivity index (χ1n) is 9.36. The van der Waals surface area contributed by atoms with E-state index in [4.69, 9.17) is 4.74 Å². The van der Waals surface area contributed by atoms with Gasteiger partial charge in [0.25, 0.3) is 0 Å². The van der Waals surface area contributed by atoms with E-state index in [1.165, 1.54) is 0 Å². The number of anilines is 1. The van der Waals surface area contributed by atoms with E-state index in [9.17, 15) is 14.4 Å². The van der Waals surface area contributed by atoms with Crippen LogP contribution in [-0.4, -0.2) is 58.5 Å². The van der Waals surface area contributed by atoms with E-state index in [0.717, 1.165) is 19.3 Å². The monoisotopic (exact) mass is 373 g/mol. The molecule has 7 heteroatoms. The molecule has 1 aromatic carbocycles. The summed E-state index contributed by atoms with van der Waals surface area (Å²) in [7, 11) is 0. The number of para-hydroxylation sites is 1. The van der Waals surface area contributed by atoms with Crippen molar-refractivity contribution in [3.05, 3.63) is 30.3 Å². The lowest BCUT2D eigenvalue weighted by Crippen LogP contribution is -2.70. The molecule has 0 saturated carbocycles. The molecule has 146 valence electrons. The number of hydrogen-bond acceptors (Lipinski definition) is 4. The minimum Gasteiger partial charge on any atom is -0.444 e. The predicted molar refractivity (Wildman–Crippen MR) is 101 cm³/mol. The zero-order valence-electron chi connectivity index (χ0n) is 16.2. The number of ether oxygens (including phenoxy) is 1. The molecule has 0 aliphatic carbocycles. The first-order chi connectivity index (χ1) is 12.7. The standard InChI is InChI=1S/C20H27N3O4/c1-19(2,3)27-18(26)22-12-7-10-20(14-22)11-13-23(20)17(25)16(24)21-15-8-5-4-6-9-15/h4-6,8-9H,7,10-14H2,1-3H3,(H,21,24)/t20-/m0/s1. The fourth-order valence-corrected chi connectivity index (χ4v) is 3.70. The van der Waals surface area contributed by atoms with Crippen LogP contribution >= 0.6 is 0 Å². The Morgan fingerprint density at radius 3 is 2.37 bits per heavy atom. The Morgan fingerprint density at radius 1 is 1.07 bits per heavy atom. The van der Waals surface area contributed by atoms with Crippen molar-refractivity contribution in [2.75, 3.05) is 25.0 Å². The Balaban J connectivity index is 1.65. The summed E-state index contributed by atoms with van der Waals surface area (Å²) in [4.78, 5) is 40.7. The number of carbonyl (C=O) groups excluding carboxylic acids is 3. The molecule has 0 radical (unpaired) electrons. The molecule has 3 amide bonds. The smallest absolute Gasteiger partial charge is 0.410 e. The van der Waals surface area contributed by atoms with Gasteiger partial charge in [-0.15, -0.1) is 0 Å². The van der Waals surface area contributed by atoms with Crippen LogP contribution in [0, 0.1) is 0 Å². The number of amides is 3. The Hall–Kier alpha value is -2.57. The van der Waals surface area contributed by atoms with Gasteiger partial charge < -0.3 is 19.9 Å². The average Bonchev–Trinajstić information content (AvgIpc) is 2.60. The van der Waals surface area contributed by atoms with Crippen molar-refractivity contribution in [1.82, 2.24) is 9.80 Å². The molecule has 1 N–H and O–H groups in total. The van der Waals surface area contributed by atoms with Gasteiger partial charge in [-0.1, -0.05) is 18.2 Å². The third kappa shape index (κ3) is 4.23. The van der Waals surface area contributed by atoms with E-state index >= 15 is 0 Å². The molecule has 0 aromatic heterocycles. The van der Waals surface area contributed by atoms with Crippen molar-refractivity contribution in [3.63, 3.8) is 0 Å². The zero-order chi connectivity index (χ0) is 19.7. The molecule has 27 heavy (non-hydrogen) atoms. The molecule has 2 saturated heterocycles. The summed E-state index contributed by atoms with van der Waals surface area (Å²) >= 11 is 0. The first-order valence-corrected chi connectivity index (χ1v) is 9.36. The number of piperidine rings is 1. The maximum absolute atomic E-state index is 12.7. The zero-order valence-corrected chi connectivity index (χ0v) is 16.2. The van der Waals surface area contributed by atoms with Crippen LogP contribution in [0.1, 0.15) is 40.0 Å². The van der Waals surface area contributed by atoms with Crippen LogP contribution in [0.25, 0.3) is 0 Å². The number of nitrogens with one attached hydrogen (secondary N) is 1. The molecule has 1 aromatic rings. The highest BCUT2D eigenvalue weighted by Crippen LogP contribution is 2.39. The van der Waals surface area contributed by atoms with E-state index in [0.29, 0.717) is 25.3 Å². The maximum atomic E-state index is 12.7. The minimum absolute atomic E-state index is 0.366. The highest BCUT2D eigenvalue weighted by Gasteiger charge is 2.52. The largest absolute Gasteiger partial charge is 0.444 e. The lowest BCUT2D eigenvalue weighted by Gasteiger charge is -2.56. The summed E-state index contributed by atoms with van der Waals surface area (Å²) in [5.41, 5.74) is -0.434. The fourth-order valence-electron chi connectivity index (χ4n) is 3.70. The van der Waals surface area contributed by atoms with Crippen molar-refractivity contribution in [1.29, 1.82) is 0 Å². The normalized spacial score (nSPS) is 22.2. The van der Waals surface area contributed by atoms with E-state index < -0.39 is 23.0 Å². The van der Waals surface area contributed by atoms with Crippen molar-refractivity contribution in [2.24, 2.45) is 0 Å². The maximum Gasteiger partial charge on any atom is 0.410 e. The third-order valence-corrected chi connectivity index (χ3v) is 5.05. The number of hydrogen-bond donors (Lipinski definition) is 1. The van der Waals surface area contributed by atoms with Crippen LogP contribution in [-0.2, 0) is 14.3 Å². The fraction of sp³-hybridized carbons (Fsp3) is 0.550. The number of likely N-dealkylation sites (tertiary alicyclic amines) is 2. The van der Waals surface area contributed by atoms with Crippen LogP contribution < -0.4 is 5.32 Å². The number of nitrogens with zero attached hydrogens (tertiary/aromatic N) is 2. The number of carbonyl (C=O) groups is 3. The summed E-state index contributed by atoms with van der Waals surface area (Å²) in [6.07, 6.45) is 1.99. The van der Waals surface area contributed by atoms with E-state index in [1.807, 2.05) is 26.8 Å². The molecule has 7 nitrogen and oxygen atoms in total. The third-order valence-electron chi connectivity index (χ3n) is 5.05. The van der Waals surface area contributed by atoms with Gasteiger partial charge in [0.1, 0.15) is 5.60 Å². The van der Waals surface area contributed by atoms with Crippen LogP contribution in [0.5, 0.6) is 0 Å². The second-order valence-electron chi connectivity index (χ2n) is 8.26. The average molecular weight is 373 g/mol. The molecule has 3 rings (SSSR count). The molecule has 0 unspecified atom stereocenters. The lowest BCUT2D eigenvalue weighted by molar-refractivity contribution is -0.158. The first kappa shape index (κ1) is 19.2. The van der Waals surface area contributed by atoms with Crippen LogP contribution in [0.2, 0.25) is 0 Å². The molecular weight excluding hydrogens is 346 g/mol. The quantitative estimate of drug-likeness (QED) is 0.768. The topological polar surface area (TPSA) is 79.0 Å². The van der Waals surface area contributed by atoms with Crippen LogP contribution in [0.15, 0.2) is 30.3 Å². The molecule has 0 bridgehead atoms. The van der Waals surface area contributed by atoms with Gasteiger partial charge in [0.15, 0.2) is 0 Å². The Labute approximate surface area is 159 Å². The highest BCUT2D eigenvalue weighted by molar-refractivity contribution is 6.39. The van der Waals surface area contributed by atoms with Crippen LogP contribution in [0.3, 0.4) is 0 Å². The van der Waals surface area contributed by atoms with Gasteiger partial charge in [-0.25, -0.2) is 4.79 Å². The lowest BCUT2D eigenvalue weighted by atomic mass is 9.77. The van der Waals surface area contributed by atoms with E-state index in [2.05, 4.69) is 5.32 Å². The number of rotatable bonds is 1. The number of benzene rings is 1. The molecule has 2 aliphatic rings. The van der Waals surface area contributed by atoms with Gasteiger partial charge in [-0.05, 0) is 52.2 Å². The summed E-state index contributed by atoms with van der Waals surface area (Å²) in [6, 6.07) is 8.91. The minimum atomic E-state index is -0.644. The summed E-state index contributed by atoms with van der Waals surface area (Å²) in [5, 5.41) is 2.64.